The molecule has 0 aliphatic heterocycles. The molecule has 106 valence electrons. The Kier molecular flexibility index (Phi) is 4.88. The van der Waals surface area contributed by atoms with Crippen LogP contribution < -0.4 is 15.2 Å². The van der Waals surface area contributed by atoms with E-state index >= 15 is 0 Å². The highest BCUT2D eigenvalue weighted by atomic mass is 35.5. The van der Waals surface area contributed by atoms with Gasteiger partial charge in [-0.25, -0.2) is 0 Å². The summed E-state index contributed by atoms with van der Waals surface area (Å²) in [5.74, 6) is 2.11. The van der Waals surface area contributed by atoms with Crippen LogP contribution in [0.25, 0.3) is 0 Å². The van der Waals surface area contributed by atoms with E-state index in [9.17, 15) is 0 Å². The van der Waals surface area contributed by atoms with Crippen LogP contribution in [0.2, 0.25) is 5.02 Å². The molecule has 0 bridgehead atoms. The van der Waals surface area contributed by atoms with Gasteiger partial charge >= 0.3 is 0 Å². The van der Waals surface area contributed by atoms with Gasteiger partial charge in [-0.1, -0.05) is 23.7 Å². The van der Waals surface area contributed by atoms with E-state index in [0.717, 1.165) is 11.3 Å². The van der Waals surface area contributed by atoms with Crippen molar-refractivity contribution >= 4 is 11.6 Å². The molecule has 0 saturated carbocycles. The number of ether oxygens (including phenoxy) is 2. The van der Waals surface area contributed by atoms with Crippen LogP contribution in [-0.2, 0) is 6.42 Å². The number of hydrogen-bond acceptors (Lipinski definition) is 3. The standard InChI is InChI=1S/C16H18ClNO2/c1-11(18)9-12-10-13(17)7-8-14(12)20-16-6-4-3-5-15(16)19-2/h3-8,10-11H,9,18H2,1-2H3. The number of nitrogens with two attached hydrogens (primary N) is 1. The second-order valence-corrected chi connectivity index (χ2v) is 5.12. The quantitative estimate of drug-likeness (QED) is 0.904. The lowest BCUT2D eigenvalue weighted by atomic mass is 10.1. The largest absolute Gasteiger partial charge is 0.493 e. The number of methoxy groups -OCH3 is 1. The van der Waals surface area contributed by atoms with E-state index < -0.39 is 0 Å². The van der Waals surface area contributed by atoms with Gasteiger partial charge in [-0.3, -0.25) is 0 Å². The summed E-state index contributed by atoms with van der Waals surface area (Å²) in [5.41, 5.74) is 6.85. The molecule has 0 radical (unpaired) electrons. The van der Waals surface area contributed by atoms with Gasteiger partial charge in [0.05, 0.1) is 7.11 Å². The summed E-state index contributed by atoms with van der Waals surface area (Å²) in [6, 6.07) is 13.1. The van der Waals surface area contributed by atoms with Gasteiger partial charge in [-0.2, -0.15) is 0 Å². The van der Waals surface area contributed by atoms with Crippen LogP contribution in [0.1, 0.15) is 12.5 Å². The van der Waals surface area contributed by atoms with E-state index in [-0.39, 0.29) is 6.04 Å². The van der Waals surface area contributed by atoms with E-state index in [1.165, 1.54) is 0 Å². The van der Waals surface area contributed by atoms with E-state index in [1.807, 2.05) is 43.3 Å². The maximum atomic E-state index is 6.04. The molecule has 0 aliphatic carbocycles. The van der Waals surface area contributed by atoms with Crippen LogP contribution in [0.15, 0.2) is 42.5 Å². The second-order valence-electron chi connectivity index (χ2n) is 4.69. The van der Waals surface area contributed by atoms with Crippen molar-refractivity contribution in [2.24, 2.45) is 5.73 Å². The van der Waals surface area contributed by atoms with Crippen LogP contribution in [0.3, 0.4) is 0 Å². The molecular weight excluding hydrogens is 274 g/mol. The van der Waals surface area contributed by atoms with Crippen LogP contribution in [-0.4, -0.2) is 13.2 Å². The molecule has 0 aromatic heterocycles. The minimum absolute atomic E-state index is 0.0356. The summed E-state index contributed by atoms with van der Waals surface area (Å²) in [4.78, 5) is 0. The molecule has 4 heteroatoms. The van der Waals surface area contributed by atoms with Gasteiger partial charge in [-0.15, -0.1) is 0 Å². The summed E-state index contributed by atoms with van der Waals surface area (Å²) < 4.78 is 11.2. The monoisotopic (exact) mass is 291 g/mol. The molecule has 0 heterocycles. The summed E-state index contributed by atoms with van der Waals surface area (Å²) >= 11 is 6.04. The molecule has 0 saturated heterocycles. The molecule has 0 amide bonds. The molecule has 3 nitrogen and oxygen atoms in total. The smallest absolute Gasteiger partial charge is 0.169 e. The van der Waals surface area contributed by atoms with Crippen molar-refractivity contribution in [1.29, 1.82) is 0 Å². The third-order valence-electron chi connectivity index (χ3n) is 2.85. The lowest BCUT2D eigenvalue weighted by Crippen LogP contribution is -2.18. The molecule has 0 fully saturated rings. The molecule has 2 aromatic rings. The molecule has 1 unspecified atom stereocenters. The van der Waals surface area contributed by atoms with Gasteiger partial charge in [0.25, 0.3) is 0 Å². The van der Waals surface area contributed by atoms with E-state index in [1.54, 1.807) is 13.2 Å². The molecule has 2 rings (SSSR count). The van der Waals surface area contributed by atoms with E-state index in [4.69, 9.17) is 26.8 Å². The molecule has 1 atom stereocenters. The first kappa shape index (κ1) is 14.7. The fraction of sp³-hybridized carbons (Fsp3) is 0.250. The van der Waals surface area contributed by atoms with Crippen molar-refractivity contribution in [2.75, 3.05) is 7.11 Å². The number of benzene rings is 2. The van der Waals surface area contributed by atoms with Gasteiger partial charge in [0, 0.05) is 11.1 Å². The number of halogens is 1. The Labute approximate surface area is 124 Å². The minimum Gasteiger partial charge on any atom is -0.493 e. The zero-order chi connectivity index (χ0) is 14.5. The van der Waals surface area contributed by atoms with Gasteiger partial charge in [-0.05, 0) is 49.2 Å². The molecule has 2 N–H and O–H groups in total. The summed E-state index contributed by atoms with van der Waals surface area (Å²) in [7, 11) is 1.62. The lowest BCUT2D eigenvalue weighted by molar-refractivity contribution is 0.377. The van der Waals surface area contributed by atoms with Crippen LogP contribution in [0, 0.1) is 0 Å². The summed E-state index contributed by atoms with van der Waals surface area (Å²) in [5, 5.41) is 0.674. The van der Waals surface area contributed by atoms with E-state index in [2.05, 4.69) is 0 Å². The van der Waals surface area contributed by atoms with E-state index in [0.29, 0.717) is 22.9 Å². The van der Waals surface area contributed by atoms with Gasteiger partial charge in [0.1, 0.15) is 5.75 Å². The average Bonchev–Trinajstić information content (AvgIpc) is 2.42. The third kappa shape index (κ3) is 3.65. The number of rotatable bonds is 5. The van der Waals surface area contributed by atoms with Crippen LogP contribution in [0.5, 0.6) is 17.2 Å². The predicted octanol–water partition coefficient (Wildman–Crippen LogP) is 4.03. The molecule has 0 spiro atoms. The lowest BCUT2D eigenvalue weighted by Gasteiger charge is -2.15. The Balaban J connectivity index is 2.33. The van der Waals surface area contributed by atoms with Crippen molar-refractivity contribution < 1.29 is 9.47 Å². The maximum absolute atomic E-state index is 6.04. The summed E-state index contributed by atoms with van der Waals surface area (Å²) in [6.45, 7) is 1.95. The fourth-order valence-electron chi connectivity index (χ4n) is 1.98. The number of hydrogen-bond donors (Lipinski definition) is 1. The normalized spacial score (nSPS) is 12.0. The average molecular weight is 292 g/mol. The molecule has 20 heavy (non-hydrogen) atoms. The highest BCUT2D eigenvalue weighted by molar-refractivity contribution is 6.30. The SMILES string of the molecule is COc1ccccc1Oc1ccc(Cl)cc1CC(C)N. The minimum atomic E-state index is 0.0356. The Bertz CT molecular complexity index is 584. The topological polar surface area (TPSA) is 44.5 Å². The Morgan fingerprint density at radius 3 is 2.45 bits per heavy atom. The highest BCUT2D eigenvalue weighted by Gasteiger charge is 2.10. The van der Waals surface area contributed by atoms with Crippen LogP contribution >= 0.6 is 11.6 Å². The predicted molar refractivity (Wildman–Crippen MR) is 81.9 cm³/mol. The van der Waals surface area contributed by atoms with Crippen molar-refractivity contribution in [2.45, 2.75) is 19.4 Å². The maximum Gasteiger partial charge on any atom is 0.169 e. The number of para-hydroxylation sites is 2. The Morgan fingerprint density at radius 1 is 1.10 bits per heavy atom. The zero-order valence-electron chi connectivity index (χ0n) is 11.6. The molecule has 2 aromatic carbocycles. The molecular formula is C16H18ClNO2. The zero-order valence-corrected chi connectivity index (χ0v) is 12.4. The second kappa shape index (κ2) is 6.64. The highest BCUT2D eigenvalue weighted by Crippen LogP contribution is 2.34. The van der Waals surface area contributed by atoms with Crippen molar-refractivity contribution in [1.82, 2.24) is 0 Å². The summed E-state index contributed by atoms with van der Waals surface area (Å²) in [6.07, 6.45) is 0.699. The van der Waals surface area contributed by atoms with Crippen molar-refractivity contribution in [3.05, 3.63) is 53.1 Å². The fourth-order valence-corrected chi connectivity index (χ4v) is 2.17. The first-order chi connectivity index (χ1) is 9.60. The van der Waals surface area contributed by atoms with Gasteiger partial charge in [0.15, 0.2) is 11.5 Å². The van der Waals surface area contributed by atoms with Crippen LogP contribution in [0.4, 0.5) is 0 Å². The Hall–Kier alpha value is -1.71. The van der Waals surface area contributed by atoms with Gasteiger partial charge in [0.2, 0.25) is 0 Å². The Morgan fingerprint density at radius 2 is 1.80 bits per heavy atom. The van der Waals surface area contributed by atoms with Crippen molar-refractivity contribution in [3.8, 4) is 17.2 Å². The first-order valence-electron chi connectivity index (χ1n) is 6.45. The van der Waals surface area contributed by atoms with Crippen molar-refractivity contribution in [3.63, 3.8) is 0 Å². The molecule has 0 aliphatic rings. The first-order valence-corrected chi connectivity index (χ1v) is 6.83. The van der Waals surface area contributed by atoms with Gasteiger partial charge < -0.3 is 15.2 Å². The third-order valence-corrected chi connectivity index (χ3v) is 3.09.